The second kappa shape index (κ2) is 13.8. The molecular formula is C22H29F3N4O10S. The van der Waals surface area contributed by atoms with Crippen molar-refractivity contribution in [2.45, 2.75) is 68.3 Å². The molecule has 0 aromatic carbocycles. The van der Waals surface area contributed by atoms with Crippen LogP contribution in [-0.2, 0) is 25.5 Å². The molecule has 14 nitrogen and oxygen atoms in total. The first-order valence-electron chi connectivity index (χ1n) is 11.9. The maximum absolute atomic E-state index is 12.2. The van der Waals surface area contributed by atoms with Crippen LogP contribution in [0.15, 0.2) is 39.4 Å². The Balaban J connectivity index is 0.000000559. The highest BCUT2D eigenvalue weighted by molar-refractivity contribution is 7.09. The first-order valence-corrected chi connectivity index (χ1v) is 12.7. The number of hydrogen-bond acceptors (Lipinski definition) is 12. The number of nitrogens with zero attached hydrogens (tertiary/aromatic N) is 1. The molecule has 0 amide bonds. The highest BCUT2D eigenvalue weighted by Gasteiger charge is 2.47. The number of aliphatic carboxylic acids is 1. The Morgan fingerprint density at radius 2 is 1.95 bits per heavy atom. The molecule has 0 saturated carbocycles. The van der Waals surface area contributed by atoms with Crippen molar-refractivity contribution in [3.63, 3.8) is 0 Å². The summed E-state index contributed by atoms with van der Waals surface area (Å²) in [7, 11) is 0. The van der Waals surface area contributed by atoms with E-state index in [1.807, 2.05) is 17.5 Å². The lowest BCUT2D eigenvalue weighted by Crippen LogP contribution is -2.44. The number of rotatable bonds is 9. The number of aliphatic hydroxyl groups is 3. The SMILES string of the molecule is NC[C@H]1O[C@@H](O[C@@H](CNCc2cccs2)[C@@H]2C[C@@H](O)[C@H](n3ccc(=O)[nH]c3=O)O2)[C@H](O)[C@@H]1O.O=C(O)C(F)(F)F. The van der Waals surface area contributed by atoms with E-state index in [9.17, 15) is 38.1 Å². The zero-order chi connectivity index (χ0) is 29.6. The summed E-state index contributed by atoms with van der Waals surface area (Å²) in [6.07, 6.45) is -11.6. The predicted molar refractivity (Wildman–Crippen MR) is 130 cm³/mol. The summed E-state index contributed by atoms with van der Waals surface area (Å²) >= 11 is 1.59. The molecular weight excluding hydrogens is 569 g/mol. The van der Waals surface area contributed by atoms with Gasteiger partial charge in [0.15, 0.2) is 12.5 Å². The number of ether oxygens (including phenoxy) is 3. The quantitative estimate of drug-likeness (QED) is 0.175. The van der Waals surface area contributed by atoms with Crippen molar-refractivity contribution in [2.24, 2.45) is 5.73 Å². The van der Waals surface area contributed by atoms with Gasteiger partial charge in [0.1, 0.15) is 24.4 Å². The molecule has 2 aromatic heterocycles. The third kappa shape index (κ3) is 8.18. The molecule has 0 radical (unpaired) electrons. The number of carbonyl (C=O) groups is 1. The van der Waals surface area contributed by atoms with E-state index in [0.29, 0.717) is 6.54 Å². The monoisotopic (exact) mass is 598 g/mol. The molecule has 2 aliphatic heterocycles. The Morgan fingerprint density at radius 1 is 1.25 bits per heavy atom. The number of carboxylic acids is 1. The second-order valence-corrected chi connectivity index (χ2v) is 9.87. The number of halogens is 3. The number of carboxylic acid groups (broad SMARTS) is 1. The average Bonchev–Trinajstić information content (AvgIpc) is 3.60. The molecule has 40 heavy (non-hydrogen) atoms. The molecule has 2 aromatic rings. The Hall–Kier alpha value is -2.68. The number of aromatic nitrogens is 2. The van der Waals surface area contributed by atoms with Gasteiger partial charge in [-0.2, -0.15) is 13.2 Å². The molecule has 2 aliphatic rings. The predicted octanol–water partition coefficient (Wildman–Crippen LogP) is -1.54. The van der Waals surface area contributed by atoms with Crippen molar-refractivity contribution < 1.29 is 52.6 Å². The first kappa shape index (κ1) is 31.8. The van der Waals surface area contributed by atoms with Crippen LogP contribution >= 0.6 is 11.3 Å². The van der Waals surface area contributed by atoms with Crippen molar-refractivity contribution in [1.29, 1.82) is 0 Å². The number of aromatic amines is 1. The van der Waals surface area contributed by atoms with Crippen LogP contribution in [0.25, 0.3) is 0 Å². The highest BCUT2D eigenvalue weighted by atomic mass is 32.1. The number of aliphatic hydroxyl groups excluding tert-OH is 3. The van der Waals surface area contributed by atoms with Gasteiger partial charge in [-0.3, -0.25) is 14.3 Å². The van der Waals surface area contributed by atoms with Gasteiger partial charge in [0, 0.05) is 43.2 Å². The summed E-state index contributed by atoms with van der Waals surface area (Å²) in [5.74, 6) is -2.76. The van der Waals surface area contributed by atoms with Gasteiger partial charge in [0.25, 0.3) is 5.56 Å². The fourth-order valence-electron chi connectivity index (χ4n) is 4.01. The van der Waals surface area contributed by atoms with E-state index in [4.69, 9.17) is 29.8 Å². The van der Waals surface area contributed by atoms with E-state index in [0.717, 1.165) is 9.44 Å². The number of H-pyrrole nitrogens is 1. The van der Waals surface area contributed by atoms with Crippen LogP contribution in [0, 0.1) is 0 Å². The number of nitrogens with two attached hydrogens (primary N) is 1. The van der Waals surface area contributed by atoms with Crippen LogP contribution in [0.2, 0.25) is 0 Å². The Labute approximate surface area is 227 Å². The molecule has 4 rings (SSSR count). The lowest BCUT2D eigenvalue weighted by Gasteiger charge is -2.28. The van der Waals surface area contributed by atoms with Crippen LogP contribution in [0.1, 0.15) is 17.5 Å². The fourth-order valence-corrected chi connectivity index (χ4v) is 4.68. The maximum atomic E-state index is 12.2. The summed E-state index contributed by atoms with van der Waals surface area (Å²) in [5.41, 5.74) is 4.32. The van der Waals surface area contributed by atoms with Gasteiger partial charge in [-0.1, -0.05) is 6.07 Å². The van der Waals surface area contributed by atoms with Crippen molar-refractivity contribution in [3.8, 4) is 0 Å². The molecule has 0 bridgehead atoms. The molecule has 0 spiro atoms. The number of alkyl halides is 3. The molecule has 0 aliphatic carbocycles. The van der Waals surface area contributed by atoms with E-state index in [1.165, 1.54) is 12.3 Å². The smallest absolute Gasteiger partial charge is 0.475 e. The molecule has 8 N–H and O–H groups in total. The van der Waals surface area contributed by atoms with Crippen LogP contribution in [0.5, 0.6) is 0 Å². The van der Waals surface area contributed by atoms with Crippen molar-refractivity contribution in [3.05, 3.63) is 55.5 Å². The lowest BCUT2D eigenvalue weighted by atomic mass is 10.1. The van der Waals surface area contributed by atoms with Crippen LogP contribution in [0.4, 0.5) is 13.2 Å². The van der Waals surface area contributed by atoms with E-state index in [-0.39, 0.29) is 19.5 Å². The number of thiophene rings is 1. The van der Waals surface area contributed by atoms with Gasteiger partial charge in [0.05, 0.1) is 12.2 Å². The molecule has 0 unspecified atom stereocenters. The third-order valence-electron chi connectivity index (χ3n) is 5.98. The Kier molecular flexibility index (Phi) is 11.0. The van der Waals surface area contributed by atoms with Gasteiger partial charge in [0.2, 0.25) is 0 Å². The molecule has 2 saturated heterocycles. The Bertz CT molecular complexity index is 1210. The number of nitrogens with one attached hydrogen (secondary N) is 2. The summed E-state index contributed by atoms with van der Waals surface area (Å²) < 4.78 is 50.3. The van der Waals surface area contributed by atoms with Crippen LogP contribution in [-0.4, -0.2) is 98.1 Å². The van der Waals surface area contributed by atoms with Crippen molar-refractivity contribution >= 4 is 17.3 Å². The zero-order valence-electron chi connectivity index (χ0n) is 20.6. The minimum absolute atomic E-state index is 0.00915. The van der Waals surface area contributed by atoms with Gasteiger partial charge in [-0.25, -0.2) is 9.59 Å². The standard InChI is InChI=1S/C20H28N4O8S.C2HF3O2/c21-7-13-16(27)17(28)19(31-13)32-14(9-22-8-10-2-1-5-33-10)12-6-11(25)18(30-12)24-4-3-15(26)23-20(24)29;3-2(4,5)1(6)7/h1-5,11-14,16-19,22,25,27-28H,6-9,21H2,(H,23,26,29);(H,6,7)/t11-,12+,13-,14+,16-,17-,18-,19+;/m1./s1. The first-order chi connectivity index (χ1) is 18.8. The van der Waals surface area contributed by atoms with E-state index >= 15 is 0 Å². The maximum Gasteiger partial charge on any atom is 0.490 e. The largest absolute Gasteiger partial charge is 0.490 e. The summed E-state index contributed by atoms with van der Waals surface area (Å²) in [5, 5.41) is 43.4. The van der Waals surface area contributed by atoms with Gasteiger partial charge >= 0.3 is 17.8 Å². The highest BCUT2D eigenvalue weighted by Crippen LogP contribution is 2.32. The molecule has 8 atom stereocenters. The van der Waals surface area contributed by atoms with E-state index in [1.54, 1.807) is 11.3 Å². The molecule has 4 heterocycles. The third-order valence-corrected chi connectivity index (χ3v) is 6.86. The minimum Gasteiger partial charge on any atom is -0.475 e. The number of hydrogen-bond donors (Lipinski definition) is 7. The lowest BCUT2D eigenvalue weighted by molar-refractivity contribution is -0.213. The van der Waals surface area contributed by atoms with Crippen LogP contribution < -0.4 is 22.3 Å². The van der Waals surface area contributed by atoms with Crippen molar-refractivity contribution in [1.82, 2.24) is 14.9 Å². The summed E-state index contributed by atoms with van der Waals surface area (Å²) in [4.78, 5) is 35.7. The van der Waals surface area contributed by atoms with Crippen LogP contribution in [0.3, 0.4) is 0 Å². The molecule has 18 heteroatoms. The normalized spacial score (nSPS) is 29.1. The minimum atomic E-state index is -5.08. The molecule has 224 valence electrons. The Morgan fingerprint density at radius 3 is 2.50 bits per heavy atom. The summed E-state index contributed by atoms with van der Waals surface area (Å²) in [6.45, 7) is 0.853. The van der Waals surface area contributed by atoms with E-state index < -0.39 is 72.5 Å². The van der Waals surface area contributed by atoms with Crippen molar-refractivity contribution in [2.75, 3.05) is 13.1 Å². The fraction of sp³-hybridized carbons (Fsp3) is 0.591. The van der Waals surface area contributed by atoms with Gasteiger partial charge < -0.3 is 45.7 Å². The van der Waals surface area contributed by atoms with E-state index in [2.05, 4.69) is 10.3 Å². The average molecular weight is 599 g/mol. The van der Waals surface area contributed by atoms with Gasteiger partial charge in [-0.05, 0) is 11.4 Å². The zero-order valence-corrected chi connectivity index (χ0v) is 21.5. The summed E-state index contributed by atoms with van der Waals surface area (Å²) in [6, 6.07) is 5.09. The van der Waals surface area contributed by atoms with Gasteiger partial charge in [-0.15, -0.1) is 11.3 Å². The second-order valence-electron chi connectivity index (χ2n) is 8.83. The molecule has 2 fully saturated rings. The topological polar surface area (TPSA) is 219 Å².